The van der Waals surface area contributed by atoms with Crippen LogP contribution in [0.1, 0.15) is 48.6 Å². The summed E-state index contributed by atoms with van der Waals surface area (Å²) in [5.41, 5.74) is 0.857. The lowest BCUT2D eigenvalue weighted by molar-refractivity contribution is 0.0467. The second-order valence-corrected chi connectivity index (χ2v) is 8.36. The van der Waals surface area contributed by atoms with Gasteiger partial charge in [-0.05, 0) is 24.6 Å². The first kappa shape index (κ1) is 22.6. The molecule has 0 saturated carbocycles. The summed E-state index contributed by atoms with van der Waals surface area (Å²) in [6.07, 6.45) is -0.150. The van der Waals surface area contributed by atoms with Crippen LogP contribution in [-0.4, -0.2) is 51.0 Å². The molecule has 0 bridgehead atoms. The van der Waals surface area contributed by atoms with E-state index in [1.165, 1.54) is 24.3 Å². The smallest absolute Gasteiger partial charge is 0.352 e. The van der Waals surface area contributed by atoms with Crippen molar-refractivity contribution in [1.29, 1.82) is 0 Å². The number of carbonyl (C=O) groups is 3. The van der Waals surface area contributed by atoms with Gasteiger partial charge < -0.3 is 5.32 Å². The van der Waals surface area contributed by atoms with E-state index in [0.29, 0.717) is 0 Å². The minimum absolute atomic E-state index is 0.0804. The Kier molecular flexibility index (Phi) is 6.27. The van der Waals surface area contributed by atoms with Gasteiger partial charge in [-0.15, -0.1) is 0 Å². The lowest BCUT2D eigenvalue weighted by Crippen LogP contribution is -2.33. The summed E-state index contributed by atoms with van der Waals surface area (Å²) in [4.78, 5) is 37.5. The maximum absolute atomic E-state index is 12.9. The molecule has 0 aliphatic heterocycles. The molecule has 1 aliphatic rings. The summed E-state index contributed by atoms with van der Waals surface area (Å²) < 4.78 is 64.1. The fourth-order valence-electron chi connectivity index (χ4n) is 2.94. The van der Waals surface area contributed by atoms with Crippen LogP contribution >= 0.6 is 0 Å². The van der Waals surface area contributed by atoms with E-state index in [1.807, 2.05) is 0 Å². The number of nitrogens with one attached hydrogen (secondary N) is 1. The van der Waals surface area contributed by atoms with E-state index in [-0.39, 0.29) is 46.6 Å². The van der Waals surface area contributed by atoms with Gasteiger partial charge in [0.15, 0.2) is 18.2 Å². The molecule has 0 atom stereocenters. The summed E-state index contributed by atoms with van der Waals surface area (Å²) in [5.74, 6) is -1.35. The third kappa shape index (κ3) is 4.37. The highest BCUT2D eigenvalue weighted by atomic mass is 32.2. The Hall–Kier alpha value is -3.05. The highest BCUT2D eigenvalue weighted by Gasteiger charge is 2.46. The second-order valence-electron chi connectivity index (χ2n) is 6.62. The SMILES string of the molecule is O=C(NCCCOS(=O)(=O)C(F)(F)CF)c1ccc2c(c1)C(=O)c1ccccc1C2=O. The zero-order valence-electron chi connectivity index (χ0n) is 15.9. The van der Waals surface area contributed by atoms with E-state index < -0.39 is 40.3 Å². The number of alkyl halides is 3. The first-order valence-electron chi connectivity index (χ1n) is 9.02. The van der Waals surface area contributed by atoms with Gasteiger partial charge in [0.2, 0.25) is 0 Å². The van der Waals surface area contributed by atoms with Crippen molar-refractivity contribution >= 4 is 27.6 Å². The van der Waals surface area contributed by atoms with Crippen molar-refractivity contribution in [2.45, 2.75) is 11.7 Å². The first-order valence-corrected chi connectivity index (χ1v) is 10.4. The largest absolute Gasteiger partial charge is 0.397 e. The van der Waals surface area contributed by atoms with Crippen LogP contribution in [0.3, 0.4) is 0 Å². The molecule has 0 heterocycles. The standard InChI is InChI=1S/C20H16F3NO6S/c21-11-20(22,23)31(28,29)30-9-3-8-24-19(27)12-6-7-15-16(10-12)18(26)14-5-2-1-4-13(14)17(15)25/h1-2,4-7,10H,3,8-9,11H2,(H,24,27). The number of hydrogen-bond acceptors (Lipinski definition) is 6. The third-order valence-corrected chi connectivity index (χ3v) is 5.87. The van der Waals surface area contributed by atoms with Crippen LogP contribution in [0.15, 0.2) is 42.5 Å². The van der Waals surface area contributed by atoms with E-state index in [1.54, 1.807) is 18.2 Å². The fourth-order valence-corrected chi connectivity index (χ4v) is 3.58. The number of carbonyl (C=O) groups excluding carboxylic acids is 3. The molecule has 164 valence electrons. The molecule has 2 aromatic rings. The zero-order chi connectivity index (χ0) is 22.8. The summed E-state index contributed by atoms with van der Waals surface area (Å²) in [5, 5.41) is -2.22. The Labute approximate surface area is 175 Å². The third-order valence-electron chi connectivity index (χ3n) is 4.55. The van der Waals surface area contributed by atoms with E-state index >= 15 is 0 Å². The highest BCUT2D eigenvalue weighted by Crippen LogP contribution is 2.28. The Morgan fingerprint density at radius 2 is 1.55 bits per heavy atom. The van der Waals surface area contributed by atoms with E-state index in [9.17, 15) is 36.0 Å². The summed E-state index contributed by atoms with van der Waals surface area (Å²) in [7, 11) is -5.40. The van der Waals surface area contributed by atoms with Gasteiger partial charge >= 0.3 is 15.4 Å². The van der Waals surface area contributed by atoms with Gasteiger partial charge in [0, 0.05) is 34.4 Å². The fraction of sp³-hybridized carbons (Fsp3) is 0.250. The molecule has 0 radical (unpaired) electrons. The number of benzene rings is 2. The quantitative estimate of drug-likeness (QED) is 0.413. The molecule has 0 spiro atoms. The second kappa shape index (κ2) is 8.60. The Balaban J connectivity index is 1.62. The number of hydrogen-bond donors (Lipinski definition) is 1. The van der Waals surface area contributed by atoms with Crippen LogP contribution < -0.4 is 5.32 Å². The Bertz CT molecular complexity index is 1160. The maximum atomic E-state index is 12.9. The van der Waals surface area contributed by atoms with Crippen molar-refractivity contribution < 1.29 is 40.2 Å². The monoisotopic (exact) mass is 455 g/mol. The molecule has 2 aromatic carbocycles. The van der Waals surface area contributed by atoms with Gasteiger partial charge in [-0.25, -0.2) is 4.39 Å². The van der Waals surface area contributed by atoms with Crippen LogP contribution in [0.25, 0.3) is 0 Å². The molecule has 0 unspecified atom stereocenters. The van der Waals surface area contributed by atoms with Crippen molar-refractivity contribution in [2.75, 3.05) is 19.8 Å². The van der Waals surface area contributed by atoms with Crippen LogP contribution in [0.5, 0.6) is 0 Å². The molecule has 3 rings (SSSR count). The van der Waals surface area contributed by atoms with Crippen molar-refractivity contribution in [2.24, 2.45) is 0 Å². The lowest BCUT2D eigenvalue weighted by atomic mass is 9.83. The lowest BCUT2D eigenvalue weighted by Gasteiger charge is -2.18. The summed E-state index contributed by atoms with van der Waals surface area (Å²) in [6, 6.07) is 10.3. The number of amides is 1. The molecule has 1 N–H and O–H groups in total. The predicted octanol–water partition coefficient (Wildman–Crippen LogP) is 2.49. The van der Waals surface area contributed by atoms with Crippen LogP contribution in [0.4, 0.5) is 13.2 Å². The first-order chi connectivity index (χ1) is 14.6. The van der Waals surface area contributed by atoms with Crippen LogP contribution in [0, 0.1) is 0 Å². The Morgan fingerprint density at radius 3 is 2.16 bits per heavy atom. The number of fused-ring (bicyclic) bond motifs is 2. The minimum atomic E-state index is -5.40. The highest BCUT2D eigenvalue weighted by molar-refractivity contribution is 7.87. The summed E-state index contributed by atoms with van der Waals surface area (Å²) >= 11 is 0. The molecule has 1 amide bonds. The number of rotatable bonds is 8. The maximum Gasteiger partial charge on any atom is 0.397 e. The molecule has 11 heteroatoms. The van der Waals surface area contributed by atoms with E-state index in [4.69, 9.17) is 0 Å². The molecule has 0 saturated heterocycles. The van der Waals surface area contributed by atoms with E-state index in [0.717, 1.165) is 0 Å². The van der Waals surface area contributed by atoms with Crippen molar-refractivity contribution in [3.8, 4) is 0 Å². The molecule has 0 fully saturated rings. The van der Waals surface area contributed by atoms with Crippen LogP contribution in [-0.2, 0) is 14.3 Å². The normalized spacial score (nSPS) is 13.5. The van der Waals surface area contributed by atoms with Crippen LogP contribution in [0.2, 0.25) is 0 Å². The molecule has 31 heavy (non-hydrogen) atoms. The van der Waals surface area contributed by atoms with Crippen molar-refractivity contribution in [3.05, 3.63) is 70.3 Å². The van der Waals surface area contributed by atoms with Crippen molar-refractivity contribution in [3.63, 3.8) is 0 Å². The minimum Gasteiger partial charge on any atom is -0.352 e. The van der Waals surface area contributed by atoms with Gasteiger partial charge in [0.1, 0.15) is 0 Å². The number of ketones is 2. The Morgan fingerprint density at radius 1 is 0.968 bits per heavy atom. The average Bonchev–Trinajstić information content (AvgIpc) is 2.76. The van der Waals surface area contributed by atoms with Gasteiger partial charge in [-0.1, -0.05) is 24.3 Å². The van der Waals surface area contributed by atoms with Gasteiger partial charge in [0.05, 0.1) is 6.61 Å². The zero-order valence-corrected chi connectivity index (χ0v) is 16.7. The van der Waals surface area contributed by atoms with Gasteiger partial charge in [-0.3, -0.25) is 18.6 Å². The summed E-state index contributed by atoms with van der Waals surface area (Å²) in [6.45, 7) is -3.23. The molecule has 0 aromatic heterocycles. The van der Waals surface area contributed by atoms with E-state index in [2.05, 4.69) is 9.50 Å². The van der Waals surface area contributed by atoms with Gasteiger partial charge in [-0.2, -0.15) is 17.2 Å². The van der Waals surface area contributed by atoms with Gasteiger partial charge in [0.25, 0.3) is 5.91 Å². The molecule has 1 aliphatic carbocycles. The molecular formula is C20H16F3NO6S. The molecular weight excluding hydrogens is 439 g/mol. The topological polar surface area (TPSA) is 107 Å². The molecule has 7 nitrogen and oxygen atoms in total. The number of halogens is 3. The average molecular weight is 455 g/mol. The predicted molar refractivity (Wildman–Crippen MR) is 102 cm³/mol. The van der Waals surface area contributed by atoms with Crippen molar-refractivity contribution in [1.82, 2.24) is 5.32 Å².